The van der Waals surface area contributed by atoms with Crippen LogP contribution in [0.3, 0.4) is 0 Å². The summed E-state index contributed by atoms with van der Waals surface area (Å²) in [5, 5.41) is 7.56. The minimum atomic E-state index is -0.379. The van der Waals surface area contributed by atoms with E-state index in [9.17, 15) is 4.39 Å². The van der Waals surface area contributed by atoms with Crippen LogP contribution in [0.4, 0.5) is 4.39 Å². The molecule has 0 fully saturated rings. The molecule has 1 N–H and O–H groups in total. The Kier molecular flexibility index (Phi) is 4.33. The summed E-state index contributed by atoms with van der Waals surface area (Å²) < 4.78 is 14.7. The van der Waals surface area contributed by atoms with Crippen molar-refractivity contribution in [2.75, 3.05) is 6.54 Å². The van der Waals surface area contributed by atoms with Crippen molar-refractivity contribution in [2.45, 2.75) is 13.0 Å². The highest BCUT2D eigenvalue weighted by Gasteiger charge is 2.01. The van der Waals surface area contributed by atoms with Crippen molar-refractivity contribution in [1.82, 2.24) is 15.1 Å². The predicted octanol–water partition coefficient (Wildman–Crippen LogP) is 2.54. The van der Waals surface area contributed by atoms with Gasteiger partial charge in [0.1, 0.15) is 5.82 Å². The maximum absolute atomic E-state index is 12.9. The highest BCUT2D eigenvalue weighted by molar-refractivity contribution is 6.30. The molecule has 0 spiro atoms. The molecule has 0 radical (unpaired) electrons. The average Bonchev–Trinajstić information content (AvgIpc) is 2.75. The van der Waals surface area contributed by atoms with Crippen LogP contribution in [0.2, 0.25) is 5.02 Å². The molecule has 0 saturated carbocycles. The fraction of sp³-hybridized carbons (Fsp3) is 0.308. The van der Waals surface area contributed by atoms with E-state index in [4.69, 9.17) is 11.6 Å². The molecule has 0 bridgehead atoms. The lowest BCUT2D eigenvalue weighted by Gasteiger charge is -2.04. The van der Waals surface area contributed by atoms with Gasteiger partial charge in [0, 0.05) is 19.8 Å². The van der Waals surface area contributed by atoms with Crippen molar-refractivity contribution >= 4 is 11.6 Å². The summed E-state index contributed by atoms with van der Waals surface area (Å²) in [4.78, 5) is 0. The second-order valence-corrected chi connectivity index (χ2v) is 4.60. The molecular weight excluding hydrogens is 253 g/mol. The van der Waals surface area contributed by atoms with E-state index >= 15 is 0 Å². The number of nitrogens with one attached hydrogen (secondary N) is 1. The minimum Gasteiger partial charge on any atom is -0.312 e. The Bertz CT molecular complexity index is 525. The van der Waals surface area contributed by atoms with Crippen molar-refractivity contribution < 1.29 is 4.39 Å². The Labute approximate surface area is 111 Å². The van der Waals surface area contributed by atoms with Gasteiger partial charge in [-0.25, -0.2) is 4.39 Å². The van der Waals surface area contributed by atoms with E-state index in [1.807, 2.05) is 19.4 Å². The number of benzene rings is 1. The molecule has 0 aliphatic rings. The summed E-state index contributed by atoms with van der Waals surface area (Å²) >= 11 is 5.71. The maximum atomic E-state index is 12.9. The van der Waals surface area contributed by atoms with Crippen LogP contribution in [0.5, 0.6) is 0 Å². The van der Waals surface area contributed by atoms with Crippen molar-refractivity contribution in [3.63, 3.8) is 0 Å². The molecular formula is C13H15ClFN3. The first-order chi connectivity index (χ1) is 8.65. The van der Waals surface area contributed by atoms with Gasteiger partial charge in [-0.2, -0.15) is 5.10 Å². The Morgan fingerprint density at radius 1 is 1.39 bits per heavy atom. The second-order valence-electron chi connectivity index (χ2n) is 4.20. The molecule has 18 heavy (non-hydrogen) atoms. The molecule has 2 rings (SSSR count). The lowest BCUT2D eigenvalue weighted by Crippen LogP contribution is -2.16. The van der Waals surface area contributed by atoms with Crippen LogP contribution in [0.1, 0.15) is 11.1 Å². The summed E-state index contributed by atoms with van der Waals surface area (Å²) in [6.07, 6.45) is 4.77. The van der Waals surface area contributed by atoms with Crippen molar-refractivity contribution in [1.29, 1.82) is 0 Å². The number of hydrogen-bond donors (Lipinski definition) is 1. The van der Waals surface area contributed by atoms with Crippen LogP contribution in [-0.2, 0) is 20.0 Å². The van der Waals surface area contributed by atoms with Gasteiger partial charge >= 0.3 is 0 Å². The standard InChI is InChI=1S/C13H15ClFN3/c1-18-9-11(8-17-18)4-5-16-7-10-2-3-13(15)12(14)6-10/h2-3,6,8-9,16H,4-5,7H2,1H3. The first-order valence-corrected chi connectivity index (χ1v) is 6.15. The third-order valence-electron chi connectivity index (χ3n) is 2.66. The van der Waals surface area contributed by atoms with E-state index < -0.39 is 0 Å². The number of rotatable bonds is 5. The van der Waals surface area contributed by atoms with Crippen LogP contribution >= 0.6 is 11.6 Å². The van der Waals surface area contributed by atoms with E-state index in [1.165, 1.54) is 11.6 Å². The summed E-state index contributed by atoms with van der Waals surface area (Å²) in [7, 11) is 1.90. The number of nitrogens with zero attached hydrogens (tertiary/aromatic N) is 2. The van der Waals surface area contributed by atoms with Gasteiger partial charge in [-0.1, -0.05) is 17.7 Å². The molecule has 0 aliphatic heterocycles. The fourth-order valence-corrected chi connectivity index (χ4v) is 1.92. The quantitative estimate of drug-likeness (QED) is 0.844. The first-order valence-electron chi connectivity index (χ1n) is 5.77. The van der Waals surface area contributed by atoms with Crippen LogP contribution in [0.25, 0.3) is 0 Å². The van der Waals surface area contributed by atoms with Crippen molar-refractivity contribution in [2.24, 2.45) is 7.05 Å². The molecule has 0 amide bonds. The van der Waals surface area contributed by atoms with Gasteiger partial charge in [0.25, 0.3) is 0 Å². The number of hydrogen-bond acceptors (Lipinski definition) is 2. The summed E-state index contributed by atoms with van der Waals surface area (Å²) in [5.41, 5.74) is 2.18. The van der Waals surface area contributed by atoms with Crippen molar-refractivity contribution in [3.05, 3.63) is 52.6 Å². The largest absolute Gasteiger partial charge is 0.312 e. The maximum Gasteiger partial charge on any atom is 0.141 e. The zero-order chi connectivity index (χ0) is 13.0. The van der Waals surface area contributed by atoms with E-state index in [0.29, 0.717) is 6.54 Å². The van der Waals surface area contributed by atoms with E-state index in [2.05, 4.69) is 10.4 Å². The average molecular weight is 268 g/mol. The zero-order valence-electron chi connectivity index (χ0n) is 10.2. The predicted molar refractivity (Wildman–Crippen MR) is 70.0 cm³/mol. The van der Waals surface area contributed by atoms with Gasteiger partial charge in [0.2, 0.25) is 0 Å². The van der Waals surface area contributed by atoms with Crippen LogP contribution in [0.15, 0.2) is 30.6 Å². The molecule has 3 nitrogen and oxygen atoms in total. The molecule has 0 saturated heterocycles. The van der Waals surface area contributed by atoms with Gasteiger partial charge in [0.15, 0.2) is 0 Å². The number of aryl methyl sites for hydroxylation is 1. The summed E-state index contributed by atoms with van der Waals surface area (Å²) in [5.74, 6) is -0.379. The van der Waals surface area contributed by atoms with Gasteiger partial charge in [-0.3, -0.25) is 4.68 Å². The number of aromatic nitrogens is 2. The molecule has 2 aromatic rings. The van der Waals surface area contributed by atoms with Crippen LogP contribution in [0, 0.1) is 5.82 Å². The molecule has 1 heterocycles. The smallest absolute Gasteiger partial charge is 0.141 e. The summed E-state index contributed by atoms with van der Waals surface area (Å²) in [6.45, 7) is 1.53. The van der Waals surface area contributed by atoms with Crippen molar-refractivity contribution in [3.8, 4) is 0 Å². The van der Waals surface area contributed by atoms with Gasteiger partial charge in [-0.05, 0) is 36.2 Å². The van der Waals surface area contributed by atoms with Gasteiger partial charge < -0.3 is 5.32 Å². The molecule has 5 heteroatoms. The topological polar surface area (TPSA) is 29.9 Å². The second kappa shape index (κ2) is 5.98. The Morgan fingerprint density at radius 2 is 2.22 bits per heavy atom. The molecule has 0 aliphatic carbocycles. The van der Waals surface area contributed by atoms with E-state index in [1.54, 1.807) is 16.8 Å². The minimum absolute atomic E-state index is 0.168. The lowest BCUT2D eigenvalue weighted by atomic mass is 10.2. The molecule has 1 aromatic heterocycles. The summed E-state index contributed by atoms with van der Waals surface area (Å²) in [6, 6.07) is 4.77. The van der Waals surface area contributed by atoms with Crippen LogP contribution in [-0.4, -0.2) is 16.3 Å². The highest BCUT2D eigenvalue weighted by Crippen LogP contribution is 2.15. The molecule has 1 aromatic carbocycles. The molecule has 0 atom stereocenters. The van der Waals surface area contributed by atoms with Gasteiger partial charge in [-0.15, -0.1) is 0 Å². The third-order valence-corrected chi connectivity index (χ3v) is 2.95. The molecule has 96 valence electrons. The van der Waals surface area contributed by atoms with Gasteiger partial charge in [0.05, 0.1) is 11.2 Å². The lowest BCUT2D eigenvalue weighted by molar-refractivity contribution is 0.625. The zero-order valence-corrected chi connectivity index (χ0v) is 10.9. The Morgan fingerprint density at radius 3 is 2.89 bits per heavy atom. The van der Waals surface area contributed by atoms with E-state index in [-0.39, 0.29) is 10.8 Å². The first kappa shape index (κ1) is 13.1. The fourth-order valence-electron chi connectivity index (χ4n) is 1.72. The van der Waals surface area contributed by atoms with E-state index in [0.717, 1.165) is 18.5 Å². The highest BCUT2D eigenvalue weighted by atomic mass is 35.5. The van der Waals surface area contributed by atoms with Crippen LogP contribution < -0.4 is 5.32 Å². The Balaban J connectivity index is 1.76. The Hall–Kier alpha value is -1.39. The normalized spacial score (nSPS) is 10.8. The third kappa shape index (κ3) is 3.55. The SMILES string of the molecule is Cn1cc(CCNCc2ccc(F)c(Cl)c2)cn1. The number of halogens is 2. The molecule has 0 unspecified atom stereocenters. The monoisotopic (exact) mass is 267 g/mol.